The van der Waals surface area contributed by atoms with Gasteiger partial charge in [-0.3, -0.25) is 4.79 Å². The van der Waals surface area contributed by atoms with Crippen molar-refractivity contribution in [1.29, 1.82) is 0 Å². The van der Waals surface area contributed by atoms with E-state index in [9.17, 15) is 18.0 Å². The summed E-state index contributed by atoms with van der Waals surface area (Å²) in [5.74, 6) is -1.89. The zero-order valence-electron chi connectivity index (χ0n) is 8.77. The highest BCUT2D eigenvalue weighted by molar-refractivity contribution is 5.81. The molecule has 1 rings (SSSR count). The Bertz CT molecular complexity index is 374. The predicted molar refractivity (Wildman–Crippen MR) is 53.9 cm³/mol. The van der Waals surface area contributed by atoms with Crippen molar-refractivity contribution in [2.75, 3.05) is 6.54 Å². The van der Waals surface area contributed by atoms with Crippen molar-refractivity contribution in [3.05, 3.63) is 35.4 Å². The van der Waals surface area contributed by atoms with Crippen LogP contribution in [0.1, 0.15) is 11.1 Å². The topological polar surface area (TPSA) is 29.1 Å². The van der Waals surface area contributed by atoms with Crippen molar-refractivity contribution in [2.45, 2.75) is 19.5 Å². The first kappa shape index (κ1) is 12.5. The van der Waals surface area contributed by atoms with Gasteiger partial charge in [0.2, 0.25) is 0 Å². The third-order valence-corrected chi connectivity index (χ3v) is 2.20. The van der Waals surface area contributed by atoms with Gasteiger partial charge in [0.05, 0.1) is 0 Å². The van der Waals surface area contributed by atoms with Crippen LogP contribution in [0.2, 0.25) is 0 Å². The van der Waals surface area contributed by atoms with E-state index in [0.29, 0.717) is 6.42 Å². The predicted octanol–water partition coefficient (Wildman–Crippen LogP) is 2.22. The number of amides is 1. The molecule has 5 heteroatoms. The summed E-state index contributed by atoms with van der Waals surface area (Å²) in [5, 5.41) is 1.83. The van der Waals surface area contributed by atoms with Crippen LogP contribution in [-0.4, -0.2) is 18.6 Å². The van der Waals surface area contributed by atoms with Crippen LogP contribution in [0.25, 0.3) is 0 Å². The van der Waals surface area contributed by atoms with Gasteiger partial charge >= 0.3 is 12.1 Å². The third kappa shape index (κ3) is 3.56. The molecule has 1 amide bonds. The van der Waals surface area contributed by atoms with Crippen LogP contribution in [0, 0.1) is 6.92 Å². The van der Waals surface area contributed by atoms with Crippen molar-refractivity contribution in [1.82, 2.24) is 5.32 Å². The zero-order chi connectivity index (χ0) is 12.2. The molecular weight excluding hydrogens is 219 g/mol. The zero-order valence-corrected chi connectivity index (χ0v) is 8.77. The van der Waals surface area contributed by atoms with Gasteiger partial charge in [0, 0.05) is 6.54 Å². The molecule has 0 unspecified atom stereocenters. The normalized spacial score (nSPS) is 11.2. The van der Waals surface area contributed by atoms with Crippen molar-refractivity contribution in [3.63, 3.8) is 0 Å². The minimum absolute atomic E-state index is 0.0107. The van der Waals surface area contributed by atoms with Gasteiger partial charge < -0.3 is 5.32 Å². The van der Waals surface area contributed by atoms with Crippen LogP contribution < -0.4 is 5.32 Å². The second-order valence-electron chi connectivity index (χ2n) is 3.43. The molecule has 16 heavy (non-hydrogen) atoms. The highest BCUT2D eigenvalue weighted by atomic mass is 19.4. The van der Waals surface area contributed by atoms with Gasteiger partial charge in [0.15, 0.2) is 0 Å². The Labute approximate surface area is 91.5 Å². The van der Waals surface area contributed by atoms with Crippen LogP contribution in [0.3, 0.4) is 0 Å². The highest BCUT2D eigenvalue weighted by Crippen LogP contribution is 2.14. The lowest BCUT2D eigenvalue weighted by atomic mass is 10.1. The monoisotopic (exact) mass is 231 g/mol. The number of alkyl halides is 3. The standard InChI is InChI=1S/C11H12F3NO/c1-8-4-2-3-5-9(8)6-7-15-10(16)11(12,13)14/h2-5H,6-7H2,1H3,(H,15,16). The maximum absolute atomic E-state index is 11.8. The summed E-state index contributed by atoms with van der Waals surface area (Å²) >= 11 is 0. The molecule has 0 atom stereocenters. The number of rotatable bonds is 3. The first-order valence-electron chi connectivity index (χ1n) is 4.81. The minimum Gasteiger partial charge on any atom is -0.348 e. The highest BCUT2D eigenvalue weighted by Gasteiger charge is 2.38. The number of hydrogen-bond donors (Lipinski definition) is 1. The van der Waals surface area contributed by atoms with Crippen LogP contribution in [0.15, 0.2) is 24.3 Å². The third-order valence-electron chi connectivity index (χ3n) is 2.20. The molecule has 0 saturated heterocycles. The van der Waals surface area contributed by atoms with Gasteiger partial charge in [0.25, 0.3) is 0 Å². The van der Waals surface area contributed by atoms with Crippen molar-refractivity contribution >= 4 is 5.91 Å². The number of benzene rings is 1. The van der Waals surface area contributed by atoms with Crippen LogP contribution in [0.5, 0.6) is 0 Å². The smallest absolute Gasteiger partial charge is 0.348 e. The van der Waals surface area contributed by atoms with Gasteiger partial charge in [-0.1, -0.05) is 24.3 Å². The minimum atomic E-state index is -4.80. The molecule has 0 spiro atoms. The molecule has 1 aromatic rings. The lowest BCUT2D eigenvalue weighted by Crippen LogP contribution is -2.37. The summed E-state index contributed by atoms with van der Waals surface area (Å²) in [4.78, 5) is 10.5. The van der Waals surface area contributed by atoms with E-state index in [-0.39, 0.29) is 6.54 Å². The molecule has 0 aliphatic rings. The molecular formula is C11H12F3NO. The number of aryl methyl sites for hydroxylation is 1. The fraction of sp³-hybridized carbons (Fsp3) is 0.364. The molecule has 0 radical (unpaired) electrons. The van der Waals surface area contributed by atoms with Crippen LogP contribution in [-0.2, 0) is 11.2 Å². The van der Waals surface area contributed by atoms with E-state index < -0.39 is 12.1 Å². The molecule has 0 aromatic heterocycles. The average Bonchev–Trinajstić information content (AvgIpc) is 2.19. The molecule has 1 N–H and O–H groups in total. The van der Waals surface area contributed by atoms with E-state index in [1.807, 2.05) is 36.5 Å². The summed E-state index contributed by atoms with van der Waals surface area (Å²) in [6, 6.07) is 7.37. The van der Waals surface area contributed by atoms with Crippen molar-refractivity contribution < 1.29 is 18.0 Å². The second-order valence-corrected chi connectivity index (χ2v) is 3.43. The molecule has 1 aromatic carbocycles. The Morgan fingerprint density at radius 2 is 1.94 bits per heavy atom. The molecule has 2 nitrogen and oxygen atoms in total. The average molecular weight is 231 g/mol. The van der Waals surface area contributed by atoms with E-state index in [1.165, 1.54) is 0 Å². The van der Waals surface area contributed by atoms with Crippen molar-refractivity contribution in [3.8, 4) is 0 Å². The Morgan fingerprint density at radius 3 is 2.50 bits per heavy atom. The van der Waals surface area contributed by atoms with Crippen molar-refractivity contribution in [2.24, 2.45) is 0 Å². The van der Waals surface area contributed by atoms with Crippen LogP contribution >= 0.6 is 0 Å². The molecule has 0 fully saturated rings. The summed E-state index contributed by atoms with van der Waals surface area (Å²) in [5.41, 5.74) is 1.94. The summed E-state index contributed by atoms with van der Waals surface area (Å²) in [7, 11) is 0. The van der Waals surface area contributed by atoms with E-state index in [0.717, 1.165) is 11.1 Å². The first-order valence-corrected chi connectivity index (χ1v) is 4.81. The number of halogens is 3. The SMILES string of the molecule is Cc1ccccc1CCNC(=O)C(F)(F)F. The Morgan fingerprint density at radius 1 is 1.31 bits per heavy atom. The number of hydrogen-bond acceptors (Lipinski definition) is 1. The van der Waals surface area contributed by atoms with E-state index in [4.69, 9.17) is 0 Å². The van der Waals surface area contributed by atoms with E-state index in [1.54, 1.807) is 0 Å². The second kappa shape index (κ2) is 5.01. The lowest BCUT2D eigenvalue weighted by molar-refractivity contribution is -0.173. The maximum atomic E-state index is 11.8. The Balaban J connectivity index is 2.43. The van der Waals surface area contributed by atoms with E-state index >= 15 is 0 Å². The fourth-order valence-electron chi connectivity index (χ4n) is 1.30. The molecule has 0 aliphatic heterocycles. The quantitative estimate of drug-likeness (QED) is 0.849. The summed E-state index contributed by atoms with van der Waals surface area (Å²) < 4.78 is 35.5. The molecule has 88 valence electrons. The van der Waals surface area contributed by atoms with Gasteiger partial charge in [-0.2, -0.15) is 13.2 Å². The number of carbonyl (C=O) groups is 1. The first-order chi connectivity index (χ1) is 7.41. The number of carbonyl (C=O) groups excluding carboxylic acids is 1. The Kier molecular flexibility index (Phi) is 3.93. The largest absolute Gasteiger partial charge is 0.471 e. The fourth-order valence-corrected chi connectivity index (χ4v) is 1.30. The van der Waals surface area contributed by atoms with Gasteiger partial charge in [0.1, 0.15) is 0 Å². The van der Waals surface area contributed by atoms with Gasteiger partial charge in [-0.25, -0.2) is 0 Å². The molecule has 0 heterocycles. The summed E-state index contributed by atoms with van der Waals surface area (Å²) in [6.07, 6.45) is -4.40. The maximum Gasteiger partial charge on any atom is 0.471 e. The molecule has 0 bridgehead atoms. The van der Waals surface area contributed by atoms with Crippen LogP contribution in [0.4, 0.5) is 13.2 Å². The summed E-state index contributed by atoms with van der Waals surface area (Å²) in [6.45, 7) is 1.87. The molecule has 0 saturated carbocycles. The van der Waals surface area contributed by atoms with Gasteiger partial charge in [-0.15, -0.1) is 0 Å². The molecule has 0 aliphatic carbocycles. The lowest BCUT2D eigenvalue weighted by Gasteiger charge is -2.08. The van der Waals surface area contributed by atoms with E-state index in [2.05, 4.69) is 0 Å². The number of nitrogens with one attached hydrogen (secondary N) is 1. The Hall–Kier alpha value is -1.52. The van der Waals surface area contributed by atoms with Gasteiger partial charge in [-0.05, 0) is 24.5 Å².